The molecule has 2 heterocycles. The van der Waals surface area contributed by atoms with Gasteiger partial charge in [-0.3, -0.25) is 0 Å². The fourth-order valence-electron chi connectivity index (χ4n) is 2.31. The predicted octanol–water partition coefficient (Wildman–Crippen LogP) is 1.42. The molecule has 7 heteroatoms. The average Bonchev–Trinajstić information content (AvgIpc) is 2.56. The topological polar surface area (TPSA) is 82.8 Å². The van der Waals surface area contributed by atoms with Gasteiger partial charge in [0.15, 0.2) is 11.3 Å². The Kier molecular flexibility index (Phi) is 4.82. The summed E-state index contributed by atoms with van der Waals surface area (Å²) in [6.45, 7) is 0. The van der Waals surface area contributed by atoms with Crippen LogP contribution in [-0.2, 0) is 0 Å². The molecule has 1 fully saturated rings. The molecule has 1 aromatic heterocycles. The van der Waals surface area contributed by atoms with Crippen LogP contribution in [0.4, 0.5) is 4.39 Å². The summed E-state index contributed by atoms with van der Waals surface area (Å²) in [5.74, 6) is -0.159. The minimum Gasteiger partial charge on any atom is -0.475 e. The van der Waals surface area contributed by atoms with Crippen molar-refractivity contribution in [1.29, 1.82) is 0 Å². The van der Waals surface area contributed by atoms with Crippen LogP contribution in [0.2, 0.25) is 0 Å². The SMILES string of the molecule is O[C@@H]1[C@@H](O)[C@H](Oc2cnc(-c3ccccc3)c(F)c2)SC[C@H]1O. The smallest absolute Gasteiger partial charge is 0.173 e. The molecule has 3 N–H and O–H groups in total. The van der Waals surface area contributed by atoms with Gasteiger partial charge in [-0.25, -0.2) is 9.37 Å². The van der Waals surface area contributed by atoms with Crippen molar-refractivity contribution in [2.45, 2.75) is 23.7 Å². The molecule has 0 saturated carbocycles. The molecule has 122 valence electrons. The average molecular weight is 337 g/mol. The van der Waals surface area contributed by atoms with Gasteiger partial charge in [-0.2, -0.15) is 0 Å². The number of thioether (sulfide) groups is 1. The second kappa shape index (κ2) is 6.84. The Labute approximate surface area is 136 Å². The van der Waals surface area contributed by atoms with Crippen LogP contribution in [0.25, 0.3) is 11.3 Å². The van der Waals surface area contributed by atoms with Gasteiger partial charge in [0.2, 0.25) is 0 Å². The Morgan fingerprint density at radius 2 is 1.87 bits per heavy atom. The van der Waals surface area contributed by atoms with Crippen molar-refractivity contribution in [1.82, 2.24) is 4.98 Å². The molecule has 0 amide bonds. The number of aliphatic hydroxyl groups is 3. The van der Waals surface area contributed by atoms with E-state index < -0.39 is 29.6 Å². The normalized spacial score (nSPS) is 27.7. The van der Waals surface area contributed by atoms with Gasteiger partial charge in [0.1, 0.15) is 23.7 Å². The van der Waals surface area contributed by atoms with Gasteiger partial charge in [-0.1, -0.05) is 30.3 Å². The van der Waals surface area contributed by atoms with E-state index >= 15 is 0 Å². The molecule has 0 bridgehead atoms. The van der Waals surface area contributed by atoms with Crippen LogP contribution in [0.3, 0.4) is 0 Å². The predicted molar refractivity (Wildman–Crippen MR) is 84.5 cm³/mol. The number of hydrogen-bond acceptors (Lipinski definition) is 6. The number of aromatic nitrogens is 1. The molecular weight excluding hydrogens is 321 g/mol. The summed E-state index contributed by atoms with van der Waals surface area (Å²) in [7, 11) is 0. The van der Waals surface area contributed by atoms with Crippen LogP contribution in [0.1, 0.15) is 0 Å². The summed E-state index contributed by atoms with van der Waals surface area (Å²) in [5.41, 5.74) is 0.0737. The van der Waals surface area contributed by atoms with Crippen LogP contribution in [-0.4, -0.2) is 49.8 Å². The third-order valence-corrected chi connectivity index (χ3v) is 4.81. The van der Waals surface area contributed by atoms with Crippen LogP contribution < -0.4 is 4.74 Å². The van der Waals surface area contributed by atoms with Crippen molar-refractivity contribution < 1.29 is 24.4 Å². The van der Waals surface area contributed by atoms with Gasteiger partial charge in [0.25, 0.3) is 0 Å². The Morgan fingerprint density at radius 1 is 1.13 bits per heavy atom. The lowest BCUT2D eigenvalue weighted by atomic mass is 10.1. The Hall–Kier alpha value is -1.67. The summed E-state index contributed by atoms with van der Waals surface area (Å²) >= 11 is 1.15. The van der Waals surface area contributed by atoms with Gasteiger partial charge in [-0.05, 0) is 0 Å². The molecule has 1 aliphatic rings. The molecule has 0 radical (unpaired) electrons. The van der Waals surface area contributed by atoms with Crippen molar-refractivity contribution in [2.24, 2.45) is 0 Å². The van der Waals surface area contributed by atoms with Crippen LogP contribution in [0.15, 0.2) is 42.6 Å². The minimum absolute atomic E-state index is 0.155. The van der Waals surface area contributed by atoms with E-state index in [9.17, 15) is 19.7 Å². The highest BCUT2D eigenvalue weighted by Crippen LogP contribution is 2.30. The Bertz CT molecular complexity index is 672. The van der Waals surface area contributed by atoms with Crippen molar-refractivity contribution in [2.75, 3.05) is 5.75 Å². The van der Waals surface area contributed by atoms with E-state index in [1.165, 1.54) is 12.3 Å². The number of benzene rings is 1. The largest absolute Gasteiger partial charge is 0.475 e. The van der Waals surface area contributed by atoms with E-state index in [0.29, 0.717) is 5.56 Å². The van der Waals surface area contributed by atoms with Gasteiger partial charge in [0.05, 0.1) is 12.3 Å². The molecule has 5 nitrogen and oxygen atoms in total. The lowest BCUT2D eigenvalue weighted by Crippen LogP contribution is -2.50. The standard InChI is InChI=1S/C16H16FNO4S/c17-11-6-10(7-18-13(11)9-4-2-1-3-5-9)22-16-15(21)14(20)12(19)8-23-16/h1-7,12,14-16,19-21H,8H2/t12-,14+,15-,16-/m1/s1. The maximum atomic E-state index is 14.2. The summed E-state index contributed by atoms with van der Waals surface area (Å²) in [6.07, 6.45) is -2.19. The number of hydrogen-bond donors (Lipinski definition) is 3. The van der Waals surface area contributed by atoms with E-state index in [-0.39, 0.29) is 17.2 Å². The monoisotopic (exact) mass is 337 g/mol. The highest BCUT2D eigenvalue weighted by Gasteiger charge is 2.38. The zero-order valence-corrected chi connectivity index (χ0v) is 12.9. The number of halogens is 1. The lowest BCUT2D eigenvalue weighted by Gasteiger charge is -2.34. The summed E-state index contributed by atoms with van der Waals surface area (Å²) in [6, 6.07) is 10.1. The van der Waals surface area contributed by atoms with Crippen molar-refractivity contribution >= 4 is 11.8 Å². The third kappa shape index (κ3) is 3.48. The zero-order chi connectivity index (χ0) is 16.4. The van der Waals surface area contributed by atoms with E-state index in [0.717, 1.165) is 11.8 Å². The maximum absolute atomic E-state index is 14.2. The Balaban J connectivity index is 1.76. The first-order valence-electron chi connectivity index (χ1n) is 7.09. The zero-order valence-electron chi connectivity index (χ0n) is 12.0. The number of ether oxygens (including phenoxy) is 1. The third-order valence-electron chi connectivity index (χ3n) is 3.57. The first-order chi connectivity index (χ1) is 11.1. The van der Waals surface area contributed by atoms with Gasteiger partial charge < -0.3 is 20.1 Å². The number of rotatable bonds is 3. The van der Waals surface area contributed by atoms with Crippen LogP contribution in [0, 0.1) is 5.82 Å². The van der Waals surface area contributed by atoms with E-state index in [1.54, 1.807) is 24.3 Å². The maximum Gasteiger partial charge on any atom is 0.173 e. The van der Waals surface area contributed by atoms with Crippen molar-refractivity contribution in [3.63, 3.8) is 0 Å². The summed E-state index contributed by atoms with van der Waals surface area (Å²) in [5, 5.41) is 29.0. The first kappa shape index (κ1) is 16.2. The fourth-order valence-corrected chi connectivity index (χ4v) is 3.43. The first-order valence-corrected chi connectivity index (χ1v) is 8.14. The molecule has 0 spiro atoms. The molecule has 4 atom stereocenters. The van der Waals surface area contributed by atoms with Crippen LogP contribution in [0.5, 0.6) is 5.75 Å². The van der Waals surface area contributed by atoms with Crippen molar-refractivity contribution in [3.8, 4) is 17.0 Å². The highest BCUT2D eigenvalue weighted by atomic mass is 32.2. The number of pyridine rings is 1. The molecule has 1 aromatic carbocycles. The quantitative estimate of drug-likeness (QED) is 0.786. The molecule has 2 aromatic rings. The van der Waals surface area contributed by atoms with Gasteiger partial charge >= 0.3 is 0 Å². The molecule has 3 rings (SSSR count). The second-order valence-corrected chi connectivity index (χ2v) is 6.37. The Morgan fingerprint density at radius 3 is 2.57 bits per heavy atom. The van der Waals surface area contributed by atoms with Gasteiger partial charge in [-0.15, -0.1) is 11.8 Å². The molecule has 1 aliphatic heterocycles. The highest BCUT2D eigenvalue weighted by molar-refractivity contribution is 7.99. The molecule has 23 heavy (non-hydrogen) atoms. The minimum atomic E-state index is -1.29. The van der Waals surface area contributed by atoms with E-state index in [4.69, 9.17) is 4.74 Å². The number of aliphatic hydroxyl groups excluding tert-OH is 3. The summed E-state index contributed by atoms with van der Waals surface area (Å²) < 4.78 is 19.7. The number of nitrogens with zero attached hydrogens (tertiary/aromatic N) is 1. The lowest BCUT2D eigenvalue weighted by molar-refractivity contribution is -0.0786. The molecule has 0 unspecified atom stereocenters. The molecular formula is C16H16FNO4S. The fraction of sp³-hybridized carbons (Fsp3) is 0.312. The molecule has 1 saturated heterocycles. The second-order valence-electron chi connectivity index (χ2n) is 5.24. The van der Waals surface area contributed by atoms with Crippen molar-refractivity contribution in [3.05, 3.63) is 48.4 Å². The van der Waals surface area contributed by atoms with E-state index in [1.807, 2.05) is 6.07 Å². The molecule has 0 aliphatic carbocycles. The summed E-state index contributed by atoms with van der Waals surface area (Å²) in [4.78, 5) is 4.07. The van der Waals surface area contributed by atoms with Gasteiger partial charge in [0, 0.05) is 17.4 Å². The van der Waals surface area contributed by atoms with E-state index in [2.05, 4.69) is 4.98 Å². The van der Waals surface area contributed by atoms with Crippen LogP contribution >= 0.6 is 11.8 Å².